The van der Waals surface area contributed by atoms with E-state index in [1.54, 1.807) is 4.90 Å². The molecule has 0 unspecified atom stereocenters. The zero-order chi connectivity index (χ0) is 13.6. The Morgan fingerprint density at radius 1 is 1.28 bits per heavy atom. The fourth-order valence-corrected chi connectivity index (χ4v) is 1.53. The quantitative estimate of drug-likeness (QED) is 0.702. The van der Waals surface area contributed by atoms with Gasteiger partial charge in [0.1, 0.15) is 6.61 Å². The van der Waals surface area contributed by atoms with Crippen LogP contribution in [0.5, 0.6) is 0 Å². The average Bonchev–Trinajstić information content (AvgIpc) is 2.33. The fraction of sp³-hybridized carbons (Fsp3) is 0.833. The number of ether oxygens (including phenoxy) is 1. The van der Waals surface area contributed by atoms with Crippen LogP contribution in [0.15, 0.2) is 0 Å². The van der Waals surface area contributed by atoms with Crippen LogP contribution in [-0.2, 0) is 14.3 Å². The van der Waals surface area contributed by atoms with Crippen molar-refractivity contribution < 1.29 is 14.3 Å². The minimum Gasteiger partial charge on any atom is -0.366 e. The molecule has 1 rings (SSSR count). The molecule has 0 aromatic carbocycles. The molecule has 2 amide bonds. The number of hydrogen-bond donors (Lipinski definition) is 2. The lowest BCUT2D eigenvalue weighted by Crippen LogP contribution is -2.49. The Morgan fingerprint density at radius 3 is 2.44 bits per heavy atom. The van der Waals surface area contributed by atoms with Crippen LogP contribution in [0.4, 0.5) is 0 Å². The van der Waals surface area contributed by atoms with E-state index in [1.165, 1.54) is 0 Å². The molecule has 0 atom stereocenters. The molecular formula is C12H23N3O3. The van der Waals surface area contributed by atoms with Crippen molar-refractivity contribution >= 4 is 11.8 Å². The maximum absolute atomic E-state index is 11.7. The third-order valence-corrected chi connectivity index (χ3v) is 2.54. The minimum atomic E-state index is -0.347. The molecule has 18 heavy (non-hydrogen) atoms. The Kier molecular flexibility index (Phi) is 5.55. The first kappa shape index (κ1) is 14.9. The first-order valence-electron chi connectivity index (χ1n) is 6.27. The van der Waals surface area contributed by atoms with Gasteiger partial charge in [-0.1, -0.05) is 0 Å². The van der Waals surface area contributed by atoms with E-state index in [4.69, 9.17) is 4.74 Å². The van der Waals surface area contributed by atoms with Crippen LogP contribution in [0.2, 0.25) is 0 Å². The average molecular weight is 257 g/mol. The lowest BCUT2D eigenvalue weighted by Gasteiger charge is -2.27. The van der Waals surface area contributed by atoms with Gasteiger partial charge in [0.2, 0.25) is 11.8 Å². The van der Waals surface area contributed by atoms with E-state index in [9.17, 15) is 9.59 Å². The fourth-order valence-electron chi connectivity index (χ4n) is 1.53. The Morgan fingerprint density at radius 2 is 1.89 bits per heavy atom. The van der Waals surface area contributed by atoms with Gasteiger partial charge in [-0.3, -0.25) is 9.59 Å². The second kappa shape index (κ2) is 6.70. The summed E-state index contributed by atoms with van der Waals surface area (Å²) in [6.45, 7) is 8.70. The maximum Gasteiger partial charge on any atom is 0.246 e. The summed E-state index contributed by atoms with van der Waals surface area (Å²) in [5.74, 6) is -0.297. The summed E-state index contributed by atoms with van der Waals surface area (Å²) < 4.78 is 5.32. The number of hydrogen-bond acceptors (Lipinski definition) is 4. The smallest absolute Gasteiger partial charge is 0.246 e. The molecule has 0 radical (unpaired) electrons. The highest BCUT2D eigenvalue weighted by Crippen LogP contribution is 2.05. The molecule has 0 aromatic rings. The second-order valence-electron chi connectivity index (χ2n) is 5.31. The van der Waals surface area contributed by atoms with Crippen molar-refractivity contribution in [2.75, 3.05) is 39.3 Å². The number of nitrogens with zero attached hydrogens (tertiary/aromatic N) is 1. The zero-order valence-corrected chi connectivity index (χ0v) is 11.4. The van der Waals surface area contributed by atoms with E-state index in [1.807, 2.05) is 20.8 Å². The zero-order valence-electron chi connectivity index (χ0n) is 11.4. The molecule has 1 heterocycles. The Bertz CT molecular complexity index is 293. The summed E-state index contributed by atoms with van der Waals surface area (Å²) in [6.07, 6.45) is 0. The summed E-state index contributed by atoms with van der Waals surface area (Å²) in [5, 5.41) is 5.75. The molecule has 1 aliphatic rings. The highest BCUT2D eigenvalue weighted by molar-refractivity contribution is 5.85. The number of carbonyl (C=O) groups excluding carboxylic acids is 2. The number of amides is 2. The van der Waals surface area contributed by atoms with Gasteiger partial charge in [0, 0.05) is 26.2 Å². The number of piperazine rings is 1. The summed E-state index contributed by atoms with van der Waals surface area (Å²) in [7, 11) is 0. The third-order valence-electron chi connectivity index (χ3n) is 2.54. The number of rotatable bonds is 4. The topological polar surface area (TPSA) is 70.7 Å². The lowest BCUT2D eigenvalue weighted by molar-refractivity contribution is -0.136. The largest absolute Gasteiger partial charge is 0.366 e. The predicted molar refractivity (Wildman–Crippen MR) is 68.2 cm³/mol. The molecule has 6 heteroatoms. The van der Waals surface area contributed by atoms with E-state index in [2.05, 4.69) is 10.6 Å². The van der Waals surface area contributed by atoms with Crippen molar-refractivity contribution in [3.63, 3.8) is 0 Å². The minimum absolute atomic E-state index is 0.0155. The Labute approximate surface area is 108 Å². The SMILES string of the molecule is CC(C)(C)OCC(=O)NCC(=O)N1CCNCC1. The van der Waals surface area contributed by atoms with Gasteiger partial charge >= 0.3 is 0 Å². The maximum atomic E-state index is 11.7. The molecule has 0 saturated carbocycles. The van der Waals surface area contributed by atoms with Gasteiger partial charge in [0.25, 0.3) is 0 Å². The standard InChI is InChI=1S/C12H23N3O3/c1-12(2,3)18-9-10(16)14-8-11(17)15-6-4-13-5-7-15/h13H,4-9H2,1-3H3,(H,14,16). The van der Waals surface area contributed by atoms with Crippen molar-refractivity contribution in [2.45, 2.75) is 26.4 Å². The van der Waals surface area contributed by atoms with Crippen LogP contribution < -0.4 is 10.6 Å². The van der Waals surface area contributed by atoms with Gasteiger partial charge in [-0.15, -0.1) is 0 Å². The van der Waals surface area contributed by atoms with Crippen molar-refractivity contribution in [1.82, 2.24) is 15.5 Å². The van der Waals surface area contributed by atoms with E-state index < -0.39 is 0 Å². The molecule has 0 bridgehead atoms. The van der Waals surface area contributed by atoms with Crippen LogP contribution in [0.25, 0.3) is 0 Å². The molecule has 0 aromatic heterocycles. The highest BCUT2D eigenvalue weighted by atomic mass is 16.5. The molecule has 1 saturated heterocycles. The van der Waals surface area contributed by atoms with Gasteiger partial charge in [-0.2, -0.15) is 0 Å². The summed E-state index contributed by atoms with van der Waals surface area (Å²) in [6, 6.07) is 0. The summed E-state index contributed by atoms with van der Waals surface area (Å²) in [5.41, 5.74) is -0.347. The Balaban J connectivity index is 2.19. The lowest BCUT2D eigenvalue weighted by atomic mass is 10.2. The monoisotopic (exact) mass is 257 g/mol. The van der Waals surface area contributed by atoms with E-state index in [0.717, 1.165) is 13.1 Å². The van der Waals surface area contributed by atoms with Crippen LogP contribution in [0, 0.1) is 0 Å². The van der Waals surface area contributed by atoms with Crippen molar-refractivity contribution in [2.24, 2.45) is 0 Å². The van der Waals surface area contributed by atoms with Crippen molar-refractivity contribution in [1.29, 1.82) is 0 Å². The second-order valence-corrected chi connectivity index (χ2v) is 5.31. The number of carbonyl (C=O) groups is 2. The van der Waals surface area contributed by atoms with E-state index in [-0.39, 0.29) is 30.6 Å². The number of nitrogens with one attached hydrogen (secondary N) is 2. The molecule has 0 spiro atoms. The summed E-state index contributed by atoms with van der Waals surface area (Å²) >= 11 is 0. The van der Waals surface area contributed by atoms with Crippen LogP contribution in [-0.4, -0.2) is 61.6 Å². The molecule has 1 aliphatic heterocycles. The third kappa shape index (κ3) is 5.97. The predicted octanol–water partition coefficient (Wildman–Crippen LogP) is -0.650. The molecule has 104 valence electrons. The van der Waals surface area contributed by atoms with Crippen LogP contribution >= 0.6 is 0 Å². The molecule has 2 N–H and O–H groups in total. The first-order valence-corrected chi connectivity index (χ1v) is 6.27. The van der Waals surface area contributed by atoms with Gasteiger partial charge in [0.05, 0.1) is 12.1 Å². The first-order chi connectivity index (χ1) is 8.38. The van der Waals surface area contributed by atoms with E-state index in [0.29, 0.717) is 13.1 Å². The van der Waals surface area contributed by atoms with Crippen molar-refractivity contribution in [3.8, 4) is 0 Å². The van der Waals surface area contributed by atoms with Gasteiger partial charge < -0.3 is 20.3 Å². The van der Waals surface area contributed by atoms with Gasteiger partial charge in [-0.05, 0) is 20.8 Å². The molecule has 6 nitrogen and oxygen atoms in total. The van der Waals surface area contributed by atoms with Crippen LogP contribution in [0.1, 0.15) is 20.8 Å². The highest BCUT2D eigenvalue weighted by Gasteiger charge is 2.17. The molecule has 1 fully saturated rings. The van der Waals surface area contributed by atoms with Crippen LogP contribution in [0.3, 0.4) is 0 Å². The summed E-state index contributed by atoms with van der Waals surface area (Å²) in [4.78, 5) is 25.0. The Hall–Kier alpha value is -1.14. The normalized spacial score (nSPS) is 16.5. The molecular weight excluding hydrogens is 234 g/mol. The van der Waals surface area contributed by atoms with Gasteiger partial charge in [-0.25, -0.2) is 0 Å². The van der Waals surface area contributed by atoms with E-state index >= 15 is 0 Å². The van der Waals surface area contributed by atoms with Gasteiger partial charge in [0.15, 0.2) is 0 Å². The molecule has 0 aliphatic carbocycles. The van der Waals surface area contributed by atoms with Crippen molar-refractivity contribution in [3.05, 3.63) is 0 Å².